The van der Waals surface area contributed by atoms with E-state index < -0.39 is 18.5 Å². The van der Waals surface area contributed by atoms with Crippen molar-refractivity contribution in [3.63, 3.8) is 0 Å². The number of carbonyl (C=O) groups excluding carboxylic acids is 2. The Morgan fingerprint density at radius 2 is 1.69 bits per heavy atom. The molecule has 0 saturated heterocycles. The summed E-state index contributed by atoms with van der Waals surface area (Å²) >= 11 is 5.82. The number of oxazole rings is 1. The van der Waals surface area contributed by atoms with Crippen molar-refractivity contribution in [1.82, 2.24) is 4.98 Å². The number of benzene rings is 3. The summed E-state index contributed by atoms with van der Waals surface area (Å²) in [5.74, 6) is -0.793. The number of hydrogen-bond acceptors (Lipinski definition) is 5. The number of aromatic nitrogens is 1. The Balaban J connectivity index is 1.47. The summed E-state index contributed by atoms with van der Waals surface area (Å²) in [7, 11) is 0. The van der Waals surface area contributed by atoms with Crippen molar-refractivity contribution in [2.75, 3.05) is 11.9 Å². The zero-order chi connectivity index (χ0) is 20.2. The molecule has 0 saturated carbocycles. The molecule has 4 rings (SSSR count). The standard InChI is InChI=1S/C22H15ClN2O4/c23-14-9-11-15(12-10-14)24-20(26)13-28-22(27)17-6-2-1-5-16(17)21-25-18-7-3-4-8-19(18)29-21/h1-12H,13H2,(H,24,26). The third kappa shape index (κ3) is 4.28. The lowest BCUT2D eigenvalue weighted by atomic mass is 10.1. The average molecular weight is 407 g/mol. The van der Waals surface area contributed by atoms with E-state index in [1.165, 1.54) is 0 Å². The summed E-state index contributed by atoms with van der Waals surface area (Å²) in [6.07, 6.45) is 0. The number of nitrogens with one attached hydrogen (secondary N) is 1. The van der Waals surface area contributed by atoms with Crippen molar-refractivity contribution in [3.8, 4) is 11.5 Å². The Morgan fingerprint density at radius 1 is 0.966 bits per heavy atom. The number of fused-ring (bicyclic) bond motifs is 1. The van der Waals surface area contributed by atoms with Gasteiger partial charge in [-0.1, -0.05) is 35.9 Å². The highest BCUT2D eigenvalue weighted by atomic mass is 35.5. The van der Waals surface area contributed by atoms with Crippen molar-refractivity contribution in [3.05, 3.63) is 83.4 Å². The number of nitrogens with zero attached hydrogens (tertiary/aromatic N) is 1. The maximum Gasteiger partial charge on any atom is 0.339 e. The van der Waals surface area contributed by atoms with Gasteiger partial charge in [-0.15, -0.1) is 0 Å². The van der Waals surface area contributed by atoms with Gasteiger partial charge in [0.1, 0.15) is 5.52 Å². The molecule has 1 N–H and O–H groups in total. The third-order valence-corrected chi connectivity index (χ3v) is 4.39. The summed E-state index contributed by atoms with van der Waals surface area (Å²) in [6.45, 7) is -0.427. The number of para-hydroxylation sites is 2. The smallest absolute Gasteiger partial charge is 0.339 e. The fourth-order valence-electron chi connectivity index (χ4n) is 2.77. The molecule has 4 aromatic rings. The fraction of sp³-hybridized carbons (Fsp3) is 0.0455. The van der Waals surface area contributed by atoms with Crippen LogP contribution in [0.25, 0.3) is 22.6 Å². The largest absolute Gasteiger partial charge is 0.452 e. The van der Waals surface area contributed by atoms with Crippen molar-refractivity contribution in [2.24, 2.45) is 0 Å². The summed E-state index contributed by atoms with van der Waals surface area (Å²) in [4.78, 5) is 29.0. The second-order valence-corrected chi connectivity index (χ2v) is 6.60. The van der Waals surface area contributed by atoms with Crippen LogP contribution in [0.1, 0.15) is 10.4 Å². The van der Waals surface area contributed by atoms with Crippen LogP contribution in [0.15, 0.2) is 77.2 Å². The van der Waals surface area contributed by atoms with E-state index in [4.69, 9.17) is 20.8 Å². The molecule has 0 aliphatic carbocycles. The first-order valence-corrected chi connectivity index (χ1v) is 9.15. The summed E-state index contributed by atoms with van der Waals surface area (Å²) in [6, 6.07) is 20.7. The van der Waals surface area contributed by atoms with Crippen LogP contribution >= 0.6 is 11.6 Å². The molecule has 1 heterocycles. The highest BCUT2D eigenvalue weighted by Gasteiger charge is 2.19. The predicted octanol–water partition coefficient (Wildman–Crippen LogP) is 4.94. The van der Waals surface area contributed by atoms with Crippen LogP contribution in [0.3, 0.4) is 0 Å². The lowest BCUT2D eigenvalue weighted by Crippen LogP contribution is -2.21. The monoisotopic (exact) mass is 406 g/mol. The first kappa shape index (κ1) is 18.7. The molecule has 6 nitrogen and oxygen atoms in total. The van der Waals surface area contributed by atoms with Gasteiger partial charge < -0.3 is 14.5 Å². The maximum absolute atomic E-state index is 12.6. The molecule has 0 bridgehead atoms. The van der Waals surface area contributed by atoms with E-state index in [-0.39, 0.29) is 5.56 Å². The molecule has 0 radical (unpaired) electrons. The van der Waals surface area contributed by atoms with E-state index in [9.17, 15) is 9.59 Å². The molecule has 1 amide bonds. The normalized spacial score (nSPS) is 10.7. The number of anilines is 1. The molecule has 0 atom stereocenters. The molecule has 1 aromatic heterocycles. The predicted molar refractivity (Wildman–Crippen MR) is 110 cm³/mol. The van der Waals surface area contributed by atoms with Gasteiger partial charge in [0, 0.05) is 10.7 Å². The Bertz CT molecular complexity index is 1150. The Hall–Kier alpha value is -3.64. The highest BCUT2D eigenvalue weighted by Crippen LogP contribution is 2.27. The zero-order valence-electron chi connectivity index (χ0n) is 15.1. The molecule has 7 heteroatoms. The minimum absolute atomic E-state index is 0.262. The van der Waals surface area contributed by atoms with Gasteiger partial charge >= 0.3 is 5.97 Å². The molecule has 29 heavy (non-hydrogen) atoms. The minimum atomic E-state index is -0.644. The van der Waals surface area contributed by atoms with E-state index in [2.05, 4.69) is 10.3 Å². The van der Waals surface area contributed by atoms with E-state index in [0.29, 0.717) is 33.3 Å². The number of halogens is 1. The van der Waals surface area contributed by atoms with Crippen LogP contribution in [0.4, 0.5) is 5.69 Å². The summed E-state index contributed by atoms with van der Waals surface area (Å²) in [5.41, 5.74) is 2.62. The van der Waals surface area contributed by atoms with Crippen LogP contribution in [0.5, 0.6) is 0 Å². The lowest BCUT2D eigenvalue weighted by molar-refractivity contribution is -0.119. The highest BCUT2D eigenvalue weighted by molar-refractivity contribution is 6.30. The van der Waals surface area contributed by atoms with Gasteiger partial charge in [-0.05, 0) is 48.5 Å². The minimum Gasteiger partial charge on any atom is -0.452 e. The average Bonchev–Trinajstić information content (AvgIpc) is 3.18. The van der Waals surface area contributed by atoms with Crippen LogP contribution in [-0.2, 0) is 9.53 Å². The van der Waals surface area contributed by atoms with Crippen molar-refractivity contribution < 1.29 is 18.7 Å². The summed E-state index contributed by atoms with van der Waals surface area (Å²) < 4.78 is 10.9. The van der Waals surface area contributed by atoms with Gasteiger partial charge in [-0.2, -0.15) is 0 Å². The number of amides is 1. The van der Waals surface area contributed by atoms with Gasteiger partial charge in [0.15, 0.2) is 12.2 Å². The molecule has 0 spiro atoms. The third-order valence-electron chi connectivity index (χ3n) is 4.13. The number of ether oxygens (including phenoxy) is 1. The van der Waals surface area contributed by atoms with Crippen LogP contribution < -0.4 is 5.32 Å². The first-order valence-electron chi connectivity index (χ1n) is 8.78. The van der Waals surface area contributed by atoms with Crippen molar-refractivity contribution in [2.45, 2.75) is 0 Å². The molecule has 144 valence electrons. The topological polar surface area (TPSA) is 81.4 Å². The Morgan fingerprint density at radius 3 is 2.48 bits per heavy atom. The number of hydrogen-bond donors (Lipinski definition) is 1. The molecule has 0 fully saturated rings. The molecular formula is C22H15ClN2O4. The molecule has 0 aliphatic heterocycles. The van der Waals surface area contributed by atoms with Crippen LogP contribution in [0.2, 0.25) is 5.02 Å². The molecule has 3 aromatic carbocycles. The molecule has 0 aliphatic rings. The van der Waals surface area contributed by atoms with Crippen LogP contribution in [0, 0.1) is 0 Å². The fourth-order valence-corrected chi connectivity index (χ4v) is 2.90. The molecular weight excluding hydrogens is 392 g/mol. The molecule has 0 unspecified atom stereocenters. The van der Waals surface area contributed by atoms with Crippen molar-refractivity contribution in [1.29, 1.82) is 0 Å². The Labute approximate surface area is 171 Å². The van der Waals surface area contributed by atoms with E-state index in [0.717, 1.165) is 0 Å². The van der Waals surface area contributed by atoms with Gasteiger partial charge in [0.2, 0.25) is 5.89 Å². The van der Waals surface area contributed by atoms with Gasteiger partial charge in [-0.25, -0.2) is 9.78 Å². The second kappa shape index (κ2) is 8.16. The van der Waals surface area contributed by atoms with E-state index in [1.54, 1.807) is 54.6 Å². The number of esters is 1. The number of carbonyl (C=O) groups is 2. The van der Waals surface area contributed by atoms with E-state index >= 15 is 0 Å². The lowest BCUT2D eigenvalue weighted by Gasteiger charge is -2.08. The van der Waals surface area contributed by atoms with Crippen LogP contribution in [-0.4, -0.2) is 23.5 Å². The number of rotatable bonds is 5. The zero-order valence-corrected chi connectivity index (χ0v) is 15.8. The summed E-state index contributed by atoms with van der Waals surface area (Å²) in [5, 5.41) is 3.19. The van der Waals surface area contributed by atoms with E-state index in [1.807, 2.05) is 18.2 Å². The van der Waals surface area contributed by atoms with Gasteiger partial charge in [0.25, 0.3) is 5.91 Å². The SMILES string of the molecule is O=C(COC(=O)c1ccccc1-c1nc2ccccc2o1)Nc1ccc(Cl)cc1. The maximum atomic E-state index is 12.6. The Kier molecular flexibility index (Phi) is 5.27. The first-order chi connectivity index (χ1) is 14.1. The quantitative estimate of drug-likeness (QED) is 0.474. The van der Waals surface area contributed by atoms with Crippen molar-refractivity contribution >= 4 is 40.3 Å². The van der Waals surface area contributed by atoms with Gasteiger partial charge in [0.05, 0.1) is 11.1 Å². The van der Waals surface area contributed by atoms with Gasteiger partial charge in [-0.3, -0.25) is 4.79 Å². The second-order valence-electron chi connectivity index (χ2n) is 6.16.